The first-order chi connectivity index (χ1) is 9.10. The summed E-state index contributed by atoms with van der Waals surface area (Å²) >= 11 is 0. The Labute approximate surface area is 113 Å². The topological polar surface area (TPSA) is 63.5 Å². The molecule has 1 rings (SSSR count). The Morgan fingerprint density at radius 1 is 1.32 bits per heavy atom. The highest BCUT2D eigenvalue weighted by molar-refractivity contribution is 5.79. The van der Waals surface area contributed by atoms with Crippen molar-refractivity contribution >= 4 is 11.6 Å². The van der Waals surface area contributed by atoms with Crippen LogP contribution in [0.2, 0.25) is 0 Å². The van der Waals surface area contributed by atoms with Crippen LogP contribution in [-0.2, 0) is 11.2 Å². The van der Waals surface area contributed by atoms with Crippen LogP contribution in [0.4, 0.5) is 5.69 Å². The number of nitro benzene ring substituents is 1. The molecule has 1 aromatic carbocycles. The van der Waals surface area contributed by atoms with E-state index >= 15 is 0 Å². The van der Waals surface area contributed by atoms with Crippen molar-refractivity contribution in [1.82, 2.24) is 4.90 Å². The standard InChI is InChI=1S/C14H20N2O3/c1-3-5-10-15(4-2)14(17)11-12-8-6-7-9-13(12)16(18)19/h6-9H,3-5,10-11H2,1-2H3. The second-order valence-corrected chi connectivity index (χ2v) is 4.39. The number of hydrogen-bond acceptors (Lipinski definition) is 3. The first-order valence-corrected chi connectivity index (χ1v) is 6.60. The molecule has 0 saturated carbocycles. The van der Waals surface area contributed by atoms with Gasteiger partial charge in [0, 0.05) is 24.7 Å². The van der Waals surface area contributed by atoms with E-state index in [4.69, 9.17) is 0 Å². The number of unbranched alkanes of at least 4 members (excludes halogenated alkanes) is 1. The van der Waals surface area contributed by atoms with Crippen molar-refractivity contribution in [3.63, 3.8) is 0 Å². The van der Waals surface area contributed by atoms with Gasteiger partial charge < -0.3 is 4.90 Å². The zero-order chi connectivity index (χ0) is 14.3. The van der Waals surface area contributed by atoms with E-state index in [1.54, 1.807) is 23.1 Å². The molecule has 5 nitrogen and oxygen atoms in total. The van der Waals surface area contributed by atoms with Gasteiger partial charge in [-0.2, -0.15) is 0 Å². The summed E-state index contributed by atoms with van der Waals surface area (Å²) in [6.07, 6.45) is 2.07. The molecule has 0 aliphatic rings. The lowest BCUT2D eigenvalue weighted by molar-refractivity contribution is -0.385. The highest BCUT2D eigenvalue weighted by atomic mass is 16.6. The van der Waals surface area contributed by atoms with Gasteiger partial charge in [0.15, 0.2) is 0 Å². The summed E-state index contributed by atoms with van der Waals surface area (Å²) < 4.78 is 0. The summed E-state index contributed by atoms with van der Waals surface area (Å²) in [5.74, 6) is -0.0507. The van der Waals surface area contributed by atoms with Gasteiger partial charge in [-0.05, 0) is 13.3 Å². The van der Waals surface area contributed by atoms with Crippen LogP contribution in [0.15, 0.2) is 24.3 Å². The van der Waals surface area contributed by atoms with E-state index in [2.05, 4.69) is 6.92 Å². The Kier molecular flexibility index (Phi) is 5.99. The number of carbonyl (C=O) groups excluding carboxylic acids is 1. The molecule has 0 spiro atoms. The normalized spacial score (nSPS) is 10.2. The molecule has 5 heteroatoms. The SMILES string of the molecule is CCCCN(CC)C(=O)Cc1ccccc1[N+](=O)[O-]. The zero-order valence-electron chi connectivity index (χ0n) is 11.5. The number of carbonyl (C=O) groups is 1. The van der Waals surface area contributed by atoms with Crippen molar-refractivity contribution in [3.8, 4) is 0 Å². The van der Waals surface area contributed by atoms with Crippen molar-refractivity contribution in [2.75, 3.05) is 13.1 Å². The number of para-hydroxylation sites is 1. The quantitative estimate of drug-likeness (QED) is 0.562. The van der Waals surface area contributed by atoms with Gasteiger partial charge in [-0.25, -0.2) is 0 Å². The lowest BCUT2D eigenvalue weighted by Crippen LogP contribution is -2.33. The molecular weight excluding hydrogens is 244 g/mol. The molecule has 0 aliphatic carbocycles. The van der Waals surface area contributed by atoms with Gasteiger partial charge in [0.2, 0.25) is 5.91 Å². The second kappa shape index (κ2) is 7.51. The minimum atomic E-state index is -0.440. The van der Waals surface area contributed by atoms with Crippen LogP contribution in [-0.4, -0.2) is 28.8 Å². The first-order valence-electron chi connectivity index (χ1n) is 6.60. The van der Waals surface area contributed by atoms with Crippen LogP contribution in [0, 0.1) is 10.1 Å². The maximum atomic E-state index is 12.1. The molecule has 0 unspecified atom stereocenters. The van der Waals surface area contributed by atoms with Gasteiger partial charge in [-0.1, -0.05) is 31.5 Å². The van der Waals surface area contributed by atoms with Gasteiger partial charge in [-0.3, -0.25) is 14.9 Å². The maximum absolute atomic E-state index is 12.1. The molecule has 0 aromatic heterocycles. The number of amides is 1. The molecule has 0 aliphatic heterocycles. The fraction of sp³-hybridized carbons (Fsp3) is 0.500. The van der Waals surface area contributed by atoms with Gasteiger partial charge in [-0.15, -0.1) is 0 Å². The van der Waals surface area contributed by atoms with Crippen LogP contribution in [0.3, 0.4) is 0 Å². The molecular formula is C14H20N2O3. The van der Waals surface area contributed by atoms with Crippen molar-refractivity contribution in [2.24, 2.45) is 0 Å². The van der Waals surface area contributed by atoms with Crippen LogP contribution >= 0.6 is 0 Å². The van der Waals surface area contributed by atoms with E-state index in [1.807, 2.05) is 6.92 Å². The van der Waals surface area contributed by atoms with Crippen LogP contribution in [0.25, 0.3) is 0 Å². The van der Waals surface area contributed by atoms with Gasteiger partial charge >= 0.3 is 0 Å². The second-order valence-electron chi connectivity index (χ2n) is 4.39. The molecule has 1 aromatic rings. The summed E-state index contributed by atoms with van der Waals surface area (Å²) in [7, 11) is 0. The zero-order valence-corrected chi connectivity index (χ0v) is 11.5. The third-order valence-corrected chi connectivity index (χ3v) is 3.05. The fourth-order valence-corrected chi connectivity index (χ4v) is 1.92. The molecule has 0 saturated heterocycles. The molecule has 0 radical (unpaired) electrons. The van der Waals surface area contributed by atoms with E-state index in [0.717, 1.165) is 12.8 Å². The molecule has 0 fully saturated rings. The van der Waals surface area contributed by atoms with Gasteiger partial charge in [0.05, 0.1) is 11.3 Å². The minimum Gasteiger partial charge on any atom is -0.343 e. The average Bonchev–Trinajstić information content (AvgIpc) is 2.40. The number of hydrogen-bond donors (Lipinski definition) is 0. The van der Waals surface area contributed by atoms with Gasteiger partial charge in [0.25, 0.3) is 5.69 Å². The maximum Gasteiger partial charge on any atom is 0.273 e. The van der Waals surface area contributed by atoms with Crippen molar-refractivity contribution in [3.05, 3.63) is 39.9 Å². The van der Waals surface area contributed by atoms with Crippen molar-refractivity contribution < 1.29 is 9.72 Å². The first kappa shape index (κ1) is 15.1. The molecule has 0 atom stereocenters. The summed E-state index contributed by atoms with van der Waals surface area (Å²) in [6, 6.07) is 6.41. The van der Waals surface area contributed by atoms with Crippen LogP contribution in [0.1, 0.15) is 32.3 Å². The Bertz CT molecular complexity index is 446. The molecule has 19 heavy (non-hydrogen) atoms. The summed E-state index contributed by atoms with van der Waals surface area (Å²) in [6.45, 7) is 5.35. The number of rotatable bonds is 7. The minimum absolute atomic E-state index is 0.0161. The van der Waals surface area contributed by atoms with Crippen LogP contribution < -0.4 is 0 Å². The van der Waals surface area contributed by atoms with Crippen LogP contribution in [0.5, 0.6) is 0 Å². The van der Waals surface area contributed by atoms with E-state index in [-0.39, 0.29) is 18.0 Å². The van der Waals surface area contributed by atoms with E-state index < -0.39 is 4.92 Å². The van der Waals surface area contributed by atoms with Crippen molar-refractivity contribution in [2.45, 2.75) is 33.1 Å². The fourth-order valence-electron chi connectivity index (χ4n) is 1.92. The predicted octanol–water partition coefficient (Wildman–Crippen LogP) is 2.79. The third kappa shape index (κ3) is 4.35. The van der Waals surface area contributed by atoms with E-state index in [0.29, 0.717) is 18.7 Å². The summed E-state index contributed by atoms with van der Waals surface area (Å²) in [5.41, 5.74) is 0.495. The average molecular weight is 264 g/mol. The number of likely N-dealkylation sites (N-methyl/N-ethyl adjacent to an activating group) is 1. The summed E-state index contributed by atoms with van der Waals surface area (Å²) in [5, 5.41) is 10.9. The molecule has 0 bridgehead atoms. The number of nitro groups is 1. The van der Waals surface area contributed by atoms with Crippen molar-refractivity contribution in [1.29, 1.82) is 0 Å². The Morgan fingerprint density at radius 3 is 2.58 bits per heavy atom. The largest absolute Gasteiger partial charge is 0.343 e. The molecule has 0 heterocycles. The smallest absolute Gasteiger partial charge is 0.273 e. The number of nitrogens with zero attached hydrogens (tertiary/aromatic N) is 2. The Hall–Kier alpha value is -1.91. The highest BCUT2D eigenvalue weighted by Crippen LogP contribution is 2.18. The molecule has 104 valence electrons. The van der Waals surface area contributed by atoms with Gasteiger partial charge in [0.1, 0.15) is 0 Å². The highest BCUT2D eigenvalue weighted by Gasteiger charge is 2.18. The van der Waals surface area contributed by atoms with E-state index in [9.17, 15) is 14.9 Å². The Balaban J connectivity index is 2.78. The lowest BCUT2D eigenvalue weighted by Gasteiger charge is -2.20. The van der Waals surface area contributed by atoms with E-state index in [1.165, 1.54) is 6.07 Å². The Morgan fingerprint density at radius 2 is 2.00 bits per heavy atom. The monoisotopic (exact) mass is 264 g/mol. The summed E-state index contributed by atoms with van der Waals surface area (Å²) in [4.78, 5) is 24.3. The predicted molar refractivity (Wildman–Crippen MR) is 74.0 cm³/mol. The lowest BCUT2D eigenvalue weighted by atomic mass is 10.1. The third-order valence-electron chi connectivity index (χ3n) is 3.05. The molecule has 0 N–H and O–H groups in total. The molecule has 1 amide bonds. The number of benzene rings is 1.